The molecule has 0 fully saturated rings. The first kappa shape index (κ1) is 14.6. The number of rotatable bonds is 4. The van der Waals surface area contributed by atoms with Crippen LogP contribution in [0.3, 0.4) is 0 Å². The smallest absolute Gasteiger partial charge is 0.252 e. The summed E-state index contributed by atoms with van der Waals surface area (Å²) in [6, 6.07) is 6.56. The number of carbonyl (C=O) groups is 1. The molecule has 0 saturated carbocycles. The zero-order valence-corrected chi connectivity index (χ0v) is 11.9. The Morgan fingerprint density at radius 3 is 2.95 bits per heavy atom. The third kappa shape index (κ3) is 3.40. The molecule has 1 atom stereocenters. The molecule has 0 aliphatic carbocycles. The number of amides is 1. The zero-order valence-electron chi connectivity index (χ0n) is 11.1. The molecule has 2 rings (SSSR count). The molecule has 6 heteroatoms. The molecule has 106 valence electrons. The minimum atomic E-state index is -0.306. The number of thiazole rings is 1. The molecular weight excluding hydrogens is 277 g/mol. The average molecular weight is 293 g/mol. The highest BCUT2D eigenvalue weighted by atomic mass is 32.1. The number of hydrogen-bond acceptors (Lipinski definition) is 3. The van der Waals surface area contributed by atoms with Crippen LogP contribution in [0.5, 0.6) is 0 Å². The molecule has 0 bridgehead atoms. The second-order valence-electron chi connectivity index (χ2n) is 4.49. The maximum Gasteiger partial charge on any atom is 0.252 e. The van der Waals surface area contributed by atoms with Crippen LogP contribution in [0.2, 0.25) is 0 Å². The van der Waals surface area contributed by atoms with Gasteiger partial charge < -0.3 is 10.3 Å². The van der Waals surface area contributed by atoms with Gasteiger partial charge in [0.25, 0.3) is 5.91 Å². The number of nitrogens with two attached hydrogens (primary N) is 1. The number of carbonyl (C=O) groups excluding carboxylic acids is 1. The summed E-state index contributed by atoms with van der Waals surface area (Å²) >= 11 is 1.34. The van der Waals surface area contributed by atoms with E-state index in [-0.39, 0.29) is 24.2 Å². The summed E-state index contributed by atoms with van der Waals surface area (Å²) in [5.41, 5.74) is 6.01. The van der Waals surface area contributed by atoms with Gasteiger partial charge in [-0.25, -0.2) is 4.39 Å². The lowest BCUT2D eigenvalue weighted by atomic mass is 10.2. The molecule has 20 heavy (non-hydrogen) atoms. The van der Waals surface area contributed by atoms with Crippen molar-refractivity contribution in [3.63, 3.8) is 0 Å². The highest BCUT2D eigenvalue weighted by Gasteiger charge is 2.10. The second kappa shape index (κ2) is 6.58. The Labute approximate surface area is 120 Å². The van der Waals surface area contributed by atoms with E-state index < -0.39 is 0 Å². The molecule has 0 saturated heterocycles. The summed E-state index contributed by atoms with van der Waals surface area (Å²) in [6.07, 6.45) is 1.79. The molecule has 0 radical (unpaired) electrons. The predicted molar refractivity (Wildman–Crippen MR) is 76.6 cm³/mol. The SMILES string of the molecule is CC(CN)C(=O)N=c1sccn1Cc1ccccc1F. The lowest BCUT2D eigenvalue weighted by Crippen LogP contribution is -2.23. The van der Waals surface area contributed by atoms with Crippen molar-refractivity contribution < 1.29 is 9.18 Å². The molecule has 0 spiro atoms. The van der Waals surface area contributed by atoms with E-state index in [2.05, 4.69) is 4.99 Å². The maximum atomic E-state index is 13.6. The van der Waals surface area contributed by atoms with Gasteiger partial charge in [-0.15, -0.1) is 11.3 Å². The average Bonchev–Trinajstić information content (AvgIpc) is 2.87. The van der Waals surface area contributed by atoms with Crippen molar-refractivity contribution in [2.75, 3.05) is 6.54 Å². The Balaban J connectivity index is 2.28. The van der Waals surface area contributed by atoms with E-state index >= 15 is 0 Å². The highest BCUT2D eigenvalue weighted by molar-refractivity contribution is 7.07. The van der Waals surface area contributed by atoms with Crippen LogP contribution in [0.4, 0.5) is 4.39 Å². The fourth-order valence-electron chi connectivity index (χ4n) is 1.62. The maximum absolute atomic E-state index is 13.6. The van der Waals surface area contributed by atoms with Crippen molar-refractivity contribution in [1.29, 1.82) is 0 Å². The van der Waals surface area contributed by atoms with Crippen molar-refractivity contribution in [2.45, 2.75) is 13.5 Å². The molecule has 1 amide bonds. The standard InChI is InChI=1S/C14H16FN3OS/c1-10(8-16)13(19)17-14-18(6-7-20-14)9-11-4-2-3-5-12(11)15/h2-7,10H,8-9,16H2,1H3. The fraction of sp³-hybridized carbons (Fsp3) is 0.286. The van der Waals surface area contributed by atoms with Gasteiger partial charge in [-0.05, 0) is 6.07 Å². The molecule has 1 aromatic carbocycles. The molecule has 2 aromatic rings. The monoisotopic (exact) mass is 293 g/mol. The van der Waals surface area contributed by atoms with Crippen LogP contribution < -0.4 is 10.5 Å². The van der Waals surface area contributed by atoms with E-state index in [1.54, 1.807) is 35.9 Å². The quantitative estimate of drug-likeness (QED) is 0.933. The Kier molecular flexibility index (Phi) is 4.81. The Morgan fingerprint density at radius 2 is 2.25 bits per heavy atom. The Bertz CT molecular complexity index is 662. The van der Waals surface area contributed by atoms with E-state index in [4.69, 9.17) is 5.73 Å². The number of benzene rings is 1. The van der Waals surface area contributed by atoms with Gasteiger partial charge in [-0.2, -0.15) is 4.99 Å². The van der Waals surface area contributed by atoms with Crippen LogP contribution in [-0.4, -0.2) is 17.0 Å². The largest absolute Gasteiger partial charge is 0.330 e. The van der Waals surface area contributed by atoms with Crippen molar-refractivity contribution in [1.82, 2.24) is 4.57 Å². The first-order valence-electron chi connectivity index (χ1n) is 6.27. The second-order valence-corrected chi connectivity index (χ2v) is 5.36. The predicted octanol–water partition coefficient (Wildman–Crippen LogP) is 1.76. The molecule has 1 unspecified atom stereocenters. The lowest BCUT2D eigenvalue weighted by molar-refractivity contribution is -0.121. The number of aromatic nitrogens is 1. The van der Waals surface area contributed by atoms with Crippen molar-refractivity contribution in [3.8, 4) is 0 Å². The van der Waals surface area contributed by atoms with Gasteiger partial charge in [0, 0.05) is 29.6 Å². The number of halogens is 1. The summed E-state index contributed by atoms with van der Waals surface area (Å²) in [6.45, 7) is 2.35. The summed E-state index contributed by atoms with van der Waals surface area (Å²) < 4.78 is 15.4. The molecular formula is C14H16FN3OS. The third-order valence-corrected chi connectivity index (χ3v) is 3.73. The molecule has 1 aromatic heterocycles. The van der Waals surface area contributed by atoms with Crippen molar-refractivity contribution in [3.05, 3.63) is 52.0 Å². The minimum absolute atomic E-state index is 0.253. The number of hydrogen-bond donors (Lipinski definition) is 1. The van der Waals surface area contributed by atoms with Gasteiger partial charge in [0.2, 0.25) is 0 Å². The van der Waals surface area contributed by atoms with Crippen LogP contribution in [-0.2, 0) is 11.3 Å². The van der Waals surface area contributed by atoms with Gasteiger partial charge in [0.05, 0.1) is 6.54 Å². The van der Waals surface area contributed by atoms with E-state index in [9.17, 15) is 9.18 Å². The van der Waals surface area contributed by atoms with Crippen molar-refractivity contribution >= 4 is 17.2 Å². The van der Waals surface area contributed by atoms with Crippen LogP contribution in [0.1, 0.15) is 12.5 Å². The third-order valence-electron chi connectivity index (χ3n) is 2.94. The molecule has 2 N–H and O–H groups in total. The molecule has 4 nitrogen and oxygen atoms in total. The van der Waals surface area contributed by atoms with Gasteiger partial charge in [-0.1, -0.05) is 25.1 Å². The van der Waals surface area contributed by atoms with Gasteiger partial charge in [0.1, 0.15) is 5.82 Å². The lowest BCUT2D eigenvalue weighted by Gasteiger charge is -2.05. The minimum Gasteiger partial charge on any atom is -0.330 e. The fourth-order valence-corrected chi connectivity index (χ4v) is 2.36. The highest BCUT2D eigenvalue weighted by Crippen LogP contribution is 2.08. The zero-order chi connectivity index (χ0) is 14.5. The summed E-state index contributed by atoms with van der Waals surface area (Å²) in [5.74, 6) is -0.824. The van der Waals surface area contributed by atoms with E-state index in [0.29, 0.717) is 16.9 Å². The summed E-state index contributed by atoms with van der Waals surface area (Å²) in [5, 5.41) is 1.82. The summed E-state index contributed by atoms with van der Waals surface area (Å²) in [7, 11) is 0. The van der Waals surface area contributed by atoms with E-state index in [1.165, 1.54) is 17.4 Å². The first-order chi connectivity index (χ1) is 9.61. The van der Waals surface area contributed by atoms with Gasteiger partial charge in [0.15, 0.2) is 4.80 Å². The first-order valence-corrected chi connectivity index (χ1v) is 7.15. The summed E-state index contributed by atoms with van der Waals surface area (Å²) in [4.78, 5) is 16.4. The van der Waals surface area contributed by atoms with Crippen LogP contribution in [0.25, 0.3) is 0 Å². The Morgan fingerprint density at radius 1 is 1.50 bits per heavy atom. The van der Waals surface area contributed by atoms with Crippen LogP contribution in [0.15, 0.2) is 40.8 Å². The molecule has 0 aliphatic rings. The van der Waals surface area contributed by atoms with Crippen molar-refractivity contribution in [2.24, 2.45) is 16.6 Å². The Hall–Kier alpha value is -1.79. The van der Waals surface area contributed by atoms with E-state index in [0.717, 1.165) is 0 Å². The molecule has 0 aliphatic heterocycles. The van der Waals surface area contributed by atoms with E-state index in [1.807, 2.05) is 5.38 Å². The normalized spacial score (nSPS) is 13.4. The van der Waals surface area contributed by atoms with Crippen LogP contribution >= 0.6 is 11.3 Å². The molecule has 1 heterocycles. The van der Waals surface area contributed by atoms with Gasteiger partial charge >= 0.3 is 0 Å². The van der Waals surface area contributed by atoms with Gasteiger partial charge in [-0.3, -0.25) is 4.79 Å². The topological polar surface area (TPSA) is 60.4 Å². The van der Waals surface area contributed by atoms with Crippen LogP contribution in [0, 0.1) is 11.7 Å². The number of nitrogens with zero attached hydrogens (tertiary/aromatic N) is 2.